The first kappa shape index (κ1) is 19.7. The SMILES string of the molecule is O=C(CNC(=O)c1ccccc1F)NNC(=O)c1csc(N2CCOCC2)n1. The quantitative estimate of drug-likeness (QED) is 0.615. The molecule has 1 fully saturated rings. The standard InChI is InChI=1S/C17H18FN5O4S/c18-12-4-2-1-3-11(12)15(25)19-9-14(24)21-22-16(26)13-10-28-17(20-13)23-5-7-27-8-6-23/h1-4,10H,5-9H2,(H,19,25)(H,21,24)(H,22,26). The fourth-order valence-corrected chi connectivity index (χ4v) is 3.26. The highest BCUT2D eigenvalue weighted by Crippen LogP contribution is 2.21. The van der Waals surface area contributed by atoms with Crippen molar-refractivity contribution in [3.63, 3.8) is 0 Å². The van der Waals surface area contributed by atoms with Gasteiger partial charge in [0.2, 0.25) is 0 Å². The van der Waals surface area contributed by atoms with Gasteiger partial charge < -0.3 is 15.0 Å². The molecule has 3 rings (SSSR count). The van der Waals surface area contributed by atoms with E-state index in [2.05, 4.69) is 21.2 Å². The number of amides is 3. The largest absolute Gasteiger partial charge is 0.378 e. The number of aromatic nitrogens is 1. The van der Waals surface area contributed by atoms with Crippen molar-refractivity contribution < 1.29 is 23.5 Å². The van der Waals surface area contributed by atoms with Crippen molar-refractivity contribution in [3.05, 3.63) is 46.7 Å². The van der Waals surface area contributed by atoms with Crippen molar-refractivity contribution in [2.24, 2.45) is 0 Å². The van der Waals surface area contributed by atoms with Gasteiger partial charge in [0.25, 0.3) is 17.7 Å². The molecule has 1 aromatic carbocycles. The summed E-state index contributed by atoms with van der Waals surface area (Å²) in [7, 11) is 0. The highest BCUT2D eigenvalue weighted by atomic mass is 32.1. The van der Waals surface area contributed by atoms with Crippen LogP contribution >= 0.6 is 11.3 Å². The van der Waals surface area contributed by atoms with E-state index in [1.807, 2.05) is 4.90 Å². The number of ether oxygens (including phenoxy) is 1. The lowest BCUT2D eigenvalue weighted by molar-refractivity contribution is -0.120. The number of halogens is 1. The van der Waals surface area contributed by atoms with Gasteiger partial charge in [-0.25, -0.2) is 9.37 Å². The first-order chi connectivity index (χ1) is 13.5. The predicted molar refractivity (Wildman–Crippen MR) is 99.5 cm³/mol. The van der Waals surface area contributed by atoms with Gasteiger partial charge in [-0.1, -0.05) is 12.1 Å². The van der Waals surface area contributed by atoms with Crippen LogP contribution in [0.15, 0.2) is 29.6 Å². The average Bonchev–Trinajstić information content (AvgIpc) is 3.21. The van der Waals surface area contributed by atoms with Crippen LogP contribution < -0.4 is 21.1 Å². The number of hydrazine groups is 1. The minimum atomic E-state index is -0.728. The third kappa shape index (κ3) is 5.02. The summed E-state index contributed by atoms with van der Waals surface area (Å²) in [4.78, 5) is 42.0. The van der Waals surface area contributed by atoms with Gasteiger partial charge in [0, 0.05) is 18.5 Å². The van der Waals surface area contributed by atoms with Gasteiger partial charge >= 0.3 is 0 Å². The van der Waals surface area contributed by atoms with Crippen molar-refractivity contribution in [2.75, 3.05) is 37.7 Å². The van der Waals surface area contributed by atoms with Crippen LogP contribution in [0, 0.1) is 5.82 Å². The predicted octanol–water partition coefficient (Wildman–Crippen LogP) is 0.310. The average molecular weight is 407 g/mol. The summed E-state index contributed by atoms with van der Waals surface area (Å²) in [6, 6.07) is 5.42. The maximum atomic E-state index is 13.5. The number of hydrogen-bond donors (Lipinski definition) is 3. The minimum absolute atomic E-state index is 0.169. The number of anilines is 1. The fourth-order valence-electron chi connectivity index (χ4n) is 2.40. The molecule has 2 aromatic rings. The number of rotatable bonds is 5. The third-order valence-corrected chi connectivity index (χ3v) is 4.75. The molecule has 0 unspecified atom stereocenters. The normalized spacial score (nSPS) is 13.7. The lowest BCUT2D eigenvalue weighted by Crippen LogP contribution is -2.46. The molecule has 1 aromatic heterocycles. The van der Waals surface area contributed by atoms with E-state index in [1.165, 1.54) is 29.5 Å². The first-order valence-electron chi connectivity index (χ1n) is 8.44. The summed E-state index contributed by atoms with van der Waals surface area (Å²) in [5, 5.41) is 4.57. The van der Waals surface area contributed by atoms with Gasteiger partial charge in [-0.05, 0) is 12.1 Å². The van der Waals surface area contributed by atoms with E-state index < -0.39 is 30.1 Å². The van der Waals surface area contributed by atoms with Crippen LogP contribution in [0.1, 0.15) is 20.8 Å². The molecule has 11 heteroatoms. The van der Waals surface area contributed by atoms with Crippen molar-refractivity contribution in [1.29, 1.82) is 0 Å². The fraction of sp³-hybridized carbons (Fsp3) is 0.294. The van der Waals surface area contributed by atoms with E-state index in [4.69, 9.17) is 4.74 Å². The highest BCUT2D eigenvalue weighted by molar-refractivity contribution is 7.13. The van der Waals surface area contributed by atoms with Crippen molar-refractivity contribution >= 4 is 34.2 Å². The molecule has 3 amide bonds. The number of nitrogens with zero attached hydrogens (tertiary/aromatic N) is 2. The Balaban J connectivity index is 1.44. The summed E-state index contributed by atoms with van der Waals surface area (Å²) in [6.45, 7) is 2.19. The third-order valence-electron chi connectivity index (χ3n) is 3.85. The summed E-state index contributed by atoms with van der Waals surface area (Å²) in [5.74, 6) is -2.66. The molecule has 0 bridgehead atoms. The van der Waals surface area contributed by atoms with E-state index in [-0.39, 0.29) is 11.3 Å². The molecule has 28 heavy (non-hydrogen) atoms. The topological polar surface area (TPSA) is 113 Å². The van der Waals surface area contributed by atoms with Crippen LogP contribution in [0.25, 0.3) is 0 Å². The Morgan fingerprint density at radius 1 is 1.14 bits per heavy atom. The smallest absolute Gasteiger partial charge is 0.289 e. The van der Waals surface area contributed by atoms with Crippen LogP contribution in [0.2, 0.25) is 0 Å². The molecule has 0 aliphatic carbocycles. The second-order valence-electron chi connectivity index (χ2n) is 5.78. The highest BCUT2D eigenvalue weighted by Gasteiger charge is 2.18. The first-order valence-corrected chi connectivity index (χ1v) is 9.32. The van der Waals surface area contributed by atoms with Crippen molar-refractivity contribution in [2.45, 2.75) is 0 Å². The van der Waals surface area contributed by atoms with E-state index >= 15 is 0 Å². The van der Waals surface area contributed by atoms with E-state index in [9.17, 15) is 18.8 Å². The maximum Gasteiger partial charge on any atom is 0.289 e. The summed E-state index contributed by atoms with van der Waals surface area (Å²) < 4.78 is 18.8. The minimum Gasteiger partial charge on any atom is -0.378 e. The molecule has 0 saturated carbocycles. The van der Waals surface area contributed by atoms with E-state index in [0.717, 1.165) is 6.07 Å². The molecule has 1 aliphatic heterocycles. The summed E-state index contributed by atoms with van der Waals surface area (Å²) in [6.07, 6.45) is 0. The number of carbonyl (C=O) groups is 3. The van der Waals surface area contributed by atoms with Crippen molar-refractivity contribution in [1.82, 2.24) is 21.2 Å². The Morgan fingerprint density at radius 2 is 1.89 bits per heavy atom. The Morgan fingerprint density at radius 3 is 2.64 bits per heavy atom. The van der Waals surface area contributed by atoms with Crippen LogP contribution in [0.4, 0.5) is 9.52 Å². The molecule has 148 valence electrons. The number of thiazole rings is 1. The van der Waals surface area contributed by atoms with Crippen LogP contribution in [0.5, 0.6) is 0 Å². The second kappa shape index (κ2) is 9.24. The van der Waals surface area contributed by atoms with Gasteiger partial charge in [-0.2, -0.15) is 0 Å². The Kier molecular flexibility index (Phi) is 6.50. The Hall–Kier alpha value is -3.05. The second-order valence-corrected chi connectivity index (χ2v) is 6.62. The molecule has 0 radical (unpaired) electrons. The lowest BCUT2D eigenvalue weighted by atomic mass is 10.2. The summed E-state index contributed by atoms with van der Waals surface area (Å²) in [5.41, 5.74) is 4.40. The lowest BCUT2D eigenvalue weighted by Gasteiger charge is -2.25. The molecule has 0 atom stereocenters. The van der Waals surface area contributed by atoms with Gasteiger partial charge in [0.05, 0.1) is 25.3 Å². The molecular formula is C17H18FN5O4S. The van der Waals surface area contributed by atoms with Gasteiger partial charge in [-0.3, -0.25) is 25.2 Å². The zero-order chi connectivity index (χ0) is 19.9. The molecule has 3 N–H and O–H groups in total. The summed E-state index contributed by atoms with van der Waals surface area (Å²) >= 11 is 1.32. The molecular weight excluding hydrogens is 389 g/mol. The number of morpholine rings is 1. The molecule has 9 nitrogen and oxygen atoms in total. The van der Waals surface area contributed by atoms with Crippen LogP contribution in [-0.2, 0) is 9.53 Å². The number of benzene rings is 1. The van der Waals surface area contributed by atoms with Crippen molar-refractivity contribution in [3.8, 4) is 0 Å². The monoisotopic (exact) mass is 407 g/mol. The molecule has 0 spiro atoms. The number of nitrogens with one attached hydrogen (secondary N) is 3. The molecule has 2 heterocycles. The van der Waals surface area contributed by atoms with Gasteiger partial charge in [-0.15, -0.1) is 11.3 Å². The van der Waals surface area contributed by atoms with Gasteiger partial charge in [0.1, 0.15) is 11.5 Å². The van der Waals surface area contributed by atoms with Crippen LogP contribution in [-0.4, -0.2) is 55.6 Å². The zero-order valence-electron chi connectivity index (χ0n) is 14.7. The zero-order valence-corrected chi connectivity index (χ0v) is 15.6. The Labute approximate surface area is 163 Å². The molecule has 1 saturated heterocycles. The van der Waals surface area contributed by atoms with E-state index in [0.29, 0.717) is 31.4 Å². The van der Waals surface area contributed by atoms with E-state index in [1.54, 1.807) is 5.38 Å². The van der Waals surface area contributed by atoms with Gasteiger partial charge in [0.15, 0.2) is 5.13 Å². The Bertz CT molecular complexity index is 869. The van der Waals surface area contributed by atoms with Crippen LogP contribution in [0.3, 0.4) is 0 Å². The maximum absolute atomic E-state index is 13.5. The molecule has 1 aliphatic rings. The number of carbonyl (C=O) groups excluding carboxylic acids is 3. The number of hydrogen-bond acceptors (Lipinski definition) is 7.